The predicted molar refractivity (Wildman–Crippen MR) is 119 cm³/mol. The lowest BCUT2D eigenvalue weighted by atomic mass is 10.2. The fourth-order valence-electron chi connectivity index (χ4n) is 2.41. The summed E-state index contributed by atoms with van der Waals surface area (Å²) in [5, 5.41) is 13.8. The molecule has 2 aromatic rings. The van der Waals surface area contributed by atoms with Crippen molar-refractivity contribution in [2.24, 2.45) is 10.9 Å². The number of halogens is 2. The van der Waals surface area contributed by atoms with E-state index in [4.69, 9.17) is 16.1 Å². The van der Waals surface area contributed by atoms with Gasteiger partial charge in [-0.2, -0.15) is 4.98 Å². The number of guanidine groups is 1. The average Bonchev–Trinajstić information content (AvgIpc) is 3.41. The Labute approximate surface area is 185 Å². The second kappa shape index (κ2) is 11.2. The highest BCUT2D eigenvalue weighted by Gasteiger charge is 2.28. The summed E-state index contributed by atoms with van der Waals surface area (Å²) in [5.74, 6) is 1.87. The summed E-state index contributed by atoms with van der Waals surface area (Å²) in [5.41, 5.74) is 0.790. The van der Waals surface area contributed by atoms with Gasteiger partial charge in [0.25, 0.3) is 0 Å². The van der Waals surface area contributed by atoms with Crippen molar-refractivity contribution in [3.63, 3.8) is 0 Å². The van der Waals surface area contributed by atoms with Crippen molar-refractivity contribution < 1.29 is 9.32 Å². The lowest BCUT2D eigenvalue weighted by Crippen LogP contribution is -2.41. The molecule has 8 nitrogen and oxygen atoms in total. The lowest BCUT2D eigenvalue weighted by Gasteiger charge is -2.11. The van der Waals surface area contributed by atoms with Crippen LogP contribution in [-0.4, -0.2) is 41.6 Å². The van der Waals surface area contributed by atoms with E-state index in [-0.39, 0.29) is 42.3 Å². The number of carbonyl (C=O) groups excluding carboxylic acids is 1. The minimum absolute atomic E-state index is 0. The SMILES string of the molecule is CCNC(=NCc1nc(-c2cccc(Cl)c2)no1)NCCNC(=O)C1CC1.I. The third-order valence-electron chi connectivity index (χ3n) is 3.93. The molecule has 0 unspecified atom stereocenters. The number of nitrogens with zero attached hydrogens (tertiary/aromatic N) is 3. The summed E-state index contributed by atoms with van der Waals surface area (Å²) < 4.78 is 5.25. The fraction of sp³-hybridized carbons (Fsp3) is 0.444. The second-order valence-electron chi connectivity index (χ2n) is 6.21. The normalized spacial score (nSPS) is 13.6. The molecule has 0 bridgehead atoms. The van der Waals surface area contributed by atoms with Gasteiger partial charge in [0, 0.05) is 36.1 Å². The van der Waals surface area contributed by atoms with E-state index >= 15 is 0 Å². The molecular weight excluding hydrogens is 495 g/mol. The van der Waals surface area contributed by atoms with Gasteiger partial charge in [-0.05, 0) is 31.9 Å². The van der Waals surface area contributed by atoms with Crippen LogP contribution in [0.15, 0.2) is 33.8 Å². The van der Waals surface area contributed by atoms with E-state index in [0.717, 1.165) is 24.9 Å². The number of aromatic nitrogens is 2. The van der Waals surface area contributed by atoms with Gasteiger partial charge in [-0.25, -0.2) is 4.99 Å². The standard InChI is InChI=1S/C18H23ClN6O2.HI/c1-2-20-18(22-9-8-21-17(26)12-6-7-12)23-11-15-24-16(25-27-15)13-4-3-5-14(19)10-13;/h3-5,10,12H,2,6-9,11H2,1H3,(H,21,26)(H2,20,22,23);1H. The Morgan fingerprint density at radius 3 is 2.79 bits per heavy atom. The zero-order valence-electron chi connectivity index (χ0n) is 15.6. The van der Waals surface area contributed by atoms with Crippen molar-refractivity contribution in [1.29, 1.82) is 0 Å². The molecule has 0 spiro atoms. The van der Waals surface area contributed by atoms with E-state index in [2.05, 4.69) is 31.1 Å². The van der Waals surface area contributed by atoms with Crippen molar-refractivity contribution >= 4 is 47.4 Å². The van der Waals surface area contributed by atoms with Gasteiger partial charge in [-0.1, -0.05) is 28.9 Å². The molecule has 3 N–H and O–H groups in total. The highest BCUT2D eigenvalue weighted by molar-refractivity contribution is 14.0. The molecule has 1 aromatic heterocycles. The number of hydrogen-bond donors (Lipinski definition) is 3. The molecule has 1 saturated carbocycles. The van der Waals surface area contributed by atoms with Crippen molar-refractivity contribution in [3.05, 3.63) is 35.2 Å². The number of rotatable bonds is 8. The molecule has 1 aromatic carbocycles. The first kappa shape index (κ1) is 22.4. The largest absolute Gasteiger partial charge is 0.357 e. The molecule has 1 amide bonds. The molecule has 1 aliphatic rings. The molecule has 0 saturated heterocycles. The monoisotopic (exact) mass is 518 g/mol. The number of hydrogen-bond acceptors (Lipinski definition) is 5. The van der Waals surface area contributed by atoms with Crippen LogP contribution >= 0.6 is 35.6 Å². The predicted octanol–water partition coefficient (Wildman–Crippen LogP) is 2.59. The van der Waals surface area contributed by atoms with Gasteiger partial charge in [0.1, 0.15) is 6.54 Å². The average molecular weight is 519 g/mol. The third-order valence-corrected chi connectivity index (χ3v) is 4.17. The zero-order valence-corrected chi connectivity index (χ0v) is 18.7. The van der Waals surface area contributed by atoms with Crippen LogP contribution in [0.5, 0.6) is 0 Å². The molecule has 0 atom stereocenters. The smallest absolute Gasteiger partial charge is 0.248 e. The Morgan fingerprint density at radius 2 is 2.07 bits per heavy atom. The van der Waals surface area contributed by atoms with Gasteiger partial charge in [-0.3, -0.25) is 4.79 Å². The van der Waals surface area contributed by atoms with Gasteiger partial charge in [0.2, 0.25) is 17.6 Å². The van der Waals surface area contributed by atoms with Crippen molar-refractivity contribution in [2.45, 2.75) is 26.3 Å². The summed E-state index contributed by atoms with van der Waals surface area (Å²) in [6.45, 7) is 4.09. The molecule has 10 heteroatoms. The van der Waals surface area contributed by atoms with Crippen LogP contribution in [-0.2, 0) is 11.3 Å². The maximum absolute atomic E-state index is 11.6. The first-order valence-electron chi connectivity index (χ1n) is 9.04. The first-order chi connectivity index (χ1) is 13.2. The van der Waals surface area contributed by atoms with Gasteiger partial charge in [0.15, 0.2) is 5.96 Å². The summed E-state index contributed by atoms with van der Waals surface area (Å²) in [6.07, 6.45) is 2.01. The summed E-state index contributed by atoms with van der Waals surface area (Å²) in [7, 11) is 0. The Morgan fingerprint density at radius 1 is 1.29 bits per heavy atom. The maximum atomic E-state index is 11.6. The van der Waals surface area contributed by atoms with Crippen LogP contribution in [0.2, 0.25) is 5.02 Å². The van der Waals surface area contributed by atoms with Gasteiger partial charge in [0.05, 0.1) is 0 Å². The van der Waals surface area contributed by atoms with Crippen molar-refractivity contribution in [2.75, 3.05) is 19.6 Å². The Bertz CT molecular complexity index is 809. The van der Waals surface area contributed by atoms with Gasteiger partial charge in [-0.15, -0.1) is 24.0 Å². The molecular formula is C18H24ClIN6O2. The number of benzene rings is 1. The Hall–Kier alpha value is -1.88. The van der Waals surface area contributed by atoms with Crippen LogP contribution in [0.25, 0.3) is 11.4 Å². The first-order valence-corrected chi connectivity index (χ1v) is 9.42. The minimum Gasteiger partial charge on any atom is -0.357 e. The van der Waals surface area contributed by atoms with Crippen LogP contribution in [0, 0.1) is 5.92 Å². The van der Waals surface area contributed by atoms with Crippen molar-refractivity contribution in [1.82, 2.24) is 26.1 Å². The number of amides is 1. The molecule has 1 heterocycles. The molecule has 1 aliphatic carbocycles. The van der Waals surface area contributed by atoms with E-state index in [0.29, 0.717) is 35.8 Å². The number of aliphatic imine (C=N–C) groups is 1. The molecule has 0 aliphatic heterocycles. The van der Waals surface area contributed by atoms with Crippen molar-refractivity contribution in [3.8, 4) is 11.4 Å². The van der Waals surface area contributed by atoms with Crippen LogP contribution < -0.4 is 16.0 Å². The topological polar surface area (TPSA) is 104 Å². The summed E-state index contributed by atoms with van der Waals surface area (Å²) in [4.78, 5) is 20.4. The highest BCUT2D eigenvalue weighted by Crippen LogP contribution is 2.28. The van der Waals surface area contributed by atoms with E-state index in [1.807, 2.05) is 19.1 Å². The second-order valence-corrected chi connectivity index (χ2v) is 6.65. The number of nitrogens with one attached hydrogen (secondary N) is 3. The van der Waals surface area contributed by atoms with E-state index < -0.39 is 0 Å². The minimum atomic E-state index is 0. The summed E-state index contributed by atoms with van der Waals surface area (Å²) >= 11 is 5.99. The maximum Gasteiger partial charge on any atom is 0.248 e. The van der Waals surface area contributed by atoms with Gasteiger partial charge >= 0.3 is 0 Å². The number of carbonyl (C=O) groups is 1. The van der Waals surface area contributed by atoms with Gasteiger partial charge < -0.3 is 20.5 Å². The molecule has 1 fully saturated rings. The van der Waals surface area contributed by atoms with E-state index in [1.165, 1.54) is 0 Å². The Balaban J connectivity index is 0.00000280. The summed E-state index contributed by atoms with van der Waals surface area (Å²) in [6, 6.07) is 7.27. The van der Waals surface area contributed by atoms with Crippen LogP contribution in [0.1, 0.15) is 25.7 Å². The fourth-order valence-corrected chi connectivity index (χ4v) is 2.60. The molecule has 28 heavy (non-hydrogen) atoms. The molecule has 152 valence electrons. The molecule has 3 rings (SSSR count). The van der Waals surface area contributed by atoms with E-state index in [1.54, 1.807) is 12.1 Å². The van der Waals surface area contributed by atoms with E-state index in [9.17, 15) is 4.79 Å². The van der Waals surface area contributed by atoms with Crippen LogP contribution in [0.4, 0.5) is 0 Å². The Kier molecular flexibility index (Phi) is 8.97. The molecule has 0 radical (unpaired) electrons. The highest BCUT2D eigenvalue weighted by atomic mass is 127. The quantitative estimate of drug-likeness (QED) is 0.215. The lowest BCUT2D eigenvalue weighted by molar-refractivity contribution is -0.122. The zero-order chi connectivity index (χ0) is 19.1. The van der Waals surface area contributed by atoms with Crippen LogP contribution in [0.3, 0.4) is 0 Å². The third kappa shape index (κ3) is 6.93.